The molecular formula is C33H35F2N3O3S. The van der Waals surface area contributed by atoms with Crippen LogP contribution in [0.3, 0.4) is 0 Å². The summed E-state index contributed by atoms with van der Waals surface area (Å²) in [5.41, 5.74) is 3.83. The van der Waals surface area contributed by atoms with Gasteiger partial charge in [0.1, 0.15) is 17.9 Å². The molecule has 0 aliphatic heterocycles. The van der Waals surface area contributed by atoms with E-state index in [1.807, 2.05) is 64.1 Å². The summed E-state index contributed by atoms with van der Waals surface area (Å²) in [6.07, 6.45) is 2.43. The maximum Gasteiger partial charge on any atom is 0.325 e. The minimum atomic E-state index is -0.722. The quantitative estimate of drug-likeness (QED) is 0.161. The fourth-order valence-electron chi connectivity index (χ4n) is 3.86. The second kappa shape index (κ2) is 15.2. The van der Waals surface area contributed by atoms with Crippen molar-refractivity contribution >= 4 is 24.3 Å². The predicted molar refractivity (Wildman–Crippen MR) is 163 cm³/mol. The number of nitrogens with zero attached hydrogens (tertiary/aromatic N) is 1. The summed E-state index contributed by atoms with van der Waals surface area (Å²) in [7, 11) is 1.71. The lowest BCUT2D eigenvalue weighted by Gasteiger charge is -2.22. The van der Waals surface area contributed by atoms with Crippen molar-refractivity contribution < 1.29 is 23.1 Å². The standard InChI is InChI=1S/C28H23F2N3O2S.C5H12O/c1-18-6-2-3-10-26(18)36-33-28(35)32-25(15-20-13-22(29)16-23(30)14-20)27-24(9-5-11-31-27)21-8-4-7-19(12-21)17-34;1-5(2,3)6-4/h2-14,16-17,25H,15H2,1H3,(H2,32,33,35);1-4H3. The second-order valence-electron chi connectivity index (χ2n) is 10.5. The highest BCUT2D eigenvalue weighted by atomic mass is 32.2. The molecule has 0 bridgehead atoms. The number of nitrogens with one attached hydrogen (secondary N) is 2. The van der Waals surface area contributed by atoms with Gasteiger partial charge in [0.25, 0.3) is 0 Å². The Morgan fingerprint density at radius 2 is 1.69 bits per heavy atom. The van der Waals surface area contributed by atoms with Gasteiger partial charge >= 0.3 is 6.03 Å². The average Bonchev–Trinajstić information content (AvgIpc) is 2.96. The van der Waals surface area contributed by atoms with Gasteiger partial charge in [0.15, 0.2) is 0 Å². The van der Waals surface area contributed by atoms with E-state index in [1.54, 1.807) is 37.6 Å². The van der Waals surface area contributed by atoms with E-state index in [4.69, 9.17) is 4.74 Å². The number of urea groups is 1. The van der Waals surface area contributed by atoms with Crippen LogP contribution >= 0.6 is 11.9 Å². The van der Waals surface area contributed by atoms with Gasteiger partial charge in [-0.1, -0.05) is 42.5 Å². The summed E-state index contributed by atoms with van der Waals surface area (Å²) in [6, 6.07) is 20.3. The van der Waals surface area contributed by atoms with Gasteiger partial charge in [-0.2, -0.15) is 0 Å². The molecule has 1 atom stereocenters. The number of methoxy groups -OCH3 is 1. The second-order valence-corrected chi connectivity index (χ2v) is 11.3. The number of hydrogen-bond donors (Lipinski definition) is 2. The van der Waals surface area contributed by atoms with E-state index in [9.17, 15) is 18.4 Å². The Morgan fingerprint density at radius 1 is 1.00 bits per heavy atom. The van der Waals surface area contributed by atoms with Crippen molar-refractivity contribution in [2.24, 2.45) is 0 Å². The van der Waals surface area contributed by atoms with E-state index in [2.05, 4.69) is 15.0 Å². The predicted octanol–water partition coefficient (Wildman–Crippen LogP) is 7.87. The zero-order valence-corrected chi connectivity index (χ0v) is 25.1. The van der Waals surface area contributed by atoms with Crippen LogP contribution in [0.25, 0.3) is 11.1 Å². The molecule has 1 aromatic heterocycles. The Kier molecular flexibility index (Phi) is 11.8. The number of ether oxygens (including phenoxy) is 1. The molecule has 2 N–H and O–H groups in total. The molecule has 1 unspecified atom stereocenters. The summed E-state index contributed by atoms with van der Waals surface area (Å²) in [5.74, 6) is -1.41. The van der Waals surface area contributed by atoms with Gasteiger partial charge < -0.3 is 10.1 Å². The Hall–Kier alpha value is -4.08. The number of carbonyl (C=O) groups excluding carboxylic acids is 2. The zero-order chi connectivity index (χ0) is 30.7. The summed E-state index contributed by atoms with van der Waals surface area (Å²) in [5, 5.41) is 2.90. The fraction of sp³-hybridized carbons (Fsp3) is 0.242. The lowest BCUT2D eigenvalue weighted by atomic mass is 9.95. The highest BCUT2D eigenvalue weighted by molar-refractivity contribution is 7.98. The lowest BCUT2D eigenvalue weighted by molar-refractivity contribution is 0.0397. The topological polar surface area (TPSA) is 80.3 Å². The summed E-state index contributed by atoms with van der Waals surface area (Å²) in [6.45, 7) is 8.00. The van der Waals surface area contributed by atoms with Crippen LogP contribution in [0.4, 0.5) is 13.6 Å². The number of hydrogen-bond acceptors (Lipinski definition) is 5. The number of carbonyl (C=O) groups is 2. The van der Waals surface area contributed by atoms with E-state index in [1.165, 1.54) is 24.1 Å². The highest BCUT2D eigenvalue weighted by Crippen LogP contribution is 2.30. The number of benzene rings is 3. The minimum absolute atomic E-state index is 0.0417. The summed E-state index contributed by atoms with van der Waals surface area (Å²) >= 11 is 1.17. The average molecular weight is 592 g/mol. The molecule has 3 aromatic carbocycles. The molecule has 2 amide bonds. The van der Waals surface area contributed by atoms with Crippen molar-refractivity contribution in [3.63, 3.8) is 0 Å². The number of amides is 2. The molecule has 0 aliphatic rings. The van der Waals surface area contributed by atoms with Gasteiger partial charge in [0.2, 0.25) is 0 Å². The van der Waals surface area contributed by atoms with Crippen LogP contribution in [0, 0.1) is 18.6 Å². The van der Waals surface area contributed by atoms with Crippen molar-refractivity contribution in [3.05, 3.63) is 119 Å². The Balaban J connectivity index is 0.000000730. The molecule has 42 heavy (non-hydrogen) atoms. The molecule has 0 radical (unpaired) electrons. The molecule has 220 valence electrons. The molecule has 0 fully saturated rings. The molecular weight excluding hydrogens is 556 g/mol. The lowest BCUT2D eigenvalue weighted by Crippen LogP contribution is -2.36. The molecule has 4 aromatic rings. The Labute approximate surface area is 250 Å². The first kappa shape index (κ1) is 32.4. The molecule has 0 spiro atoms. The summed E-state index contributed by atoms with van der Waals surface area (Å²) in [4.78, 5) is 29.6. The number of aryl methyl sites for hydroxylation is 1. The van der Waals surface area contributed by atoms with E-state index < -0.39 is 23.7 Å². The van der Waals surface area contributed by atoms with Crippen LogP contribution in [0.2, 0.25) is 0 Å². The number of pyridine rings is 1. The van der Waals surface area contributed by atoms with Crippen LogP contribution in [0.1, 0.15) is 54.0 Å². The SMILES string of the molecule is COC(C)(C)C.Cc1ccccc1SNC(=O)NC(Cc1cc(F)cc(F)c1)c1ncccc1-c1cccc(C=O)c1. The van der Waals surface area contributed by atoms with Crippen LogP contribution in [-0.2, 0) is 11.2 Å². The number of halogens is 2. The highest BCUT2D eigenvalue weighted by Gasteiger charge is 2.22. The molecule has 9 heteroatoms. The van der Waals surface area contributed by atoms with Crippen LogP contribution < -0.4 is 10.0 Å². The number of rotatable bonds is 8. The van der Waals surface area contributed by atoms with E-state index >= 15 is 0 Å². The third-order valence-corrected chi connectivity index (χ3v) is 7.09. The van der Waals surface area contributed by atoms with Gasteiger partial charge in [0, 0.05) is 35.4 Å². The van der Waals surface area contributed by atoms with Gasteiger partial charge in [-0.05, 0) is 93.1 Å². The first-order valence-corrected chi connectivity index (χ1v) is 14.1. The van der Waals surface area contributed by atoms with Gasteiger partial charge in [-0.25, -0.2) is 13.6 Å². The van der Waals surface area contributed by atoms with Gasteiger partial charge in [0.05, 0.1) is 17.3 Å². The van der Waals surface area contributed by atoms with Crippen LogP contribution in [0.15, 0.2) is 90.0 Å². The smallest absolute Gasteiger partial charge is 0.325 e. The van der Waals surface area contributed by atoms with E-state index in [-0.39, 0.29) is 12.0 Å². The molecule has 0 saturated heterocycles. The Bertz CT molecular complexity index is 1490. The maximum atomic E-state index is 13.9. The fourth-order valence-corrected chi connectivity index (χ4v) is 4.50. The minimum Gasteiger partial charge on any atom is -0.379 e. The van der Waals surface area contributed by atoms with Crippen LogP contribution in [0.5, 0.6) is 0 Å². The number of aromatic nitrogens is 1. The van der Waals surface area contributed by atoms with E-state index in [0.717, 1.165) is 28.4 Å². The Morgan fingerprint density at radius 3 is 2.33 bits per heavy atom. The molecule has 6 nitrogen and oxygen atoms in total. The largest absolute Gasteiger partial charge is 0.379 e. The zero-order valence-electron chi connectivity index (χ0n) is 24.3. The van der Waals surface area contributed by atoms with Crippen molar-refractivity contribution in [1.82, 2.24) is 15.0 Å². The molecule has 4 rings (SSSR count). The van der Waals surface area contributed by atoms with Gasteiger partial charge in [-0.15, -0.1) is 0 Å². The van der Waals surface area contributed by atoms with Gasteiger partial charge in [-0.3, -0.25) is 14.5 Å². The molecule has 0 aliphatic carbocycles. The number of aldehydes is 1. The van der Waals surface area contributed by atoms with Crippen molar-refractivity contribution in [3.8, 4) is 11.1 Å². The monoisotopic (exact) mass is 591 g/mol. The van der Waals surface area contributed by atoms with Crippen molar-refractivity contribution in [1.29, 1.82) is 0 Å². The molecule has 1 heterocycles. The van der Waals surface area contributed by atoms with Crippen LogP contribution in [-0.4, -0.2) is 30.0 Å². The van der Waals surface area contributed by atoms with E-state index in [0.29, 0.717) is 22.4 Å². The first-order chi connectivity index (χ1) is 20.0. The normalized spacial score (nSPS) is 11.6. The third-order valence-electron chi connectivity index (χ3n) is 6.13. The molecule has 0 saturated carbocycles. The summed E-state index contributed by atoms with van der Waals surface area (Å²) < 4.78 is 35.6. The first-order valence-electron chi connectivity index (χ1n) is 13.3. The maximum absolute atomic E-state index is 13.9. The third kappa shape index (κ3) is 10.1. The van der Waals surface area contributed by atoms with Crippen molar-refractivity contribution in [2.75, 3.05) is 7.11 Å². The van der Waals surface area contributed by atoms with Crippen molar-refractivity contribution in [2.45, 2.75) is 50.7 Å².